The van der Waals surface area contributed by atoms with Crippen molar-refractivity contribution in [3.05, 3.63) is 48.4 Å². The van der Waals surface area contributed by atoms with Crippen LogP contribution in [0.5, 0.6) is 0 Å². The van der Waals surface area contributed by atoms with Crippen LogP contribution in [0.3, 0.4) is 0 Å². The molecule has 0 radical (unpaired) electrons. The second-order valence-corrected chi connectivity index (χ2v) is 10.0. The van der Waals surface area contributed by atoms with Crippen LogP contribution in [0.4, 0.5) is 5.82 Å². The monoisotopic (exact) mass is 413 g/mol. The molecule has 4 rings (SSSR count). The van der Waals surface area contributed by atoms with E-state index in [-0.39, 0.29) is 0 Å². The van der Waals surface area contributed by atoms with Crippen LogP contribution in [0.25, 0.3) is 11.0 Å². The van der Waals surface area contributed by atoms with E-state index in [9.17, 15) is 8.42 Å². The maximum Gasteiger partial charge on any atom is 0.175 e. The number of aromatic amines is 1. The fraction of sp³-hybridized carbons (Fsp3) is 0.429. The summed E-state index contributed by atoms with van der Waals surface area (Å²) >= 11 is 0. The summed E-state index contributed by atoms with van der Waals surface area (Å²) in [5.74, 6) is 1.50. The van der Waals surface area contributed by atoms with Gasteiger partial charge in [-0.25, -0.2) is 18.4 Å². The van der Waals surface area contributed by atoms with E-state index in [2.05, 4.69) is 38.7 Å². The number of piperidine rings is 1. The van der Waals surface area contributed by atoms with Gasteiger partial charge >= 0.3 is 0 Å². The lowest BCUT2D eigenvalue weighted by molar-refractivity contribution is 0.159. The predicted octanol–water partition coefficient (Wildman–Crippen LogP) is 2.71. The summed E-state index contributed by atoms with van der Waals surface area (Å²) in [6.45, 7) is 5.07. The molecule has 1 aromatic carbocycles. The summed E-state index contributed by atoms with van der Waals surface area (Å²) in [5, 5.41) is 1.04. The molecule has 0 saturated carbocycles. The lowest BCUT2D eigenvalue weighted by atomic mass is 9.92. The van der Waals surface area contributed by atoms with E-state index >= 15 is 0 Å². The Balaban J connectivity index is 1.50. The molecule has 1 fully saturated rings. The third kappa shape index (κ3) is 4.13. The molecule has 0 aliphatic carbocycles. The fourth-order valence-electron chi connectivity index (χ4n) is 4.16. The van der Waals surface area contributed by atoms with Crippen LogP contribution in [0.15, 0.2) is 47.8 Å². The third-order valence-corrected chi connectivity index (χ3v) is 7.05. The topological polar surface area (TPSA) is 82.2 Å². The van der Waals surface area contributed by atoms with Crippen molar-refractivity contribution < 1.29 is 8.42 Å². The minimum atomic E-state index is -3.16. The lowest BCUT2D eigenvalue weighted by Gasteiger charge is -2.42. The first kappa shape index (κ1) is 19.8. The number of fused-ring (bicyclic) bond motifs is 1. The van der Waals surface area contributed by atoms with E-state index < -0.39 is 9.84 Å². The van der Waals surface area contributed by atoms with Gasteiger partial charge in [-0.2, -0.15) is 0 Å². The molecule has 3 aromatic rings. The van der Waals surface area contributed by atoms with Crippen LogP contribution in [0, 0.1) is 5.92 Å². The molecule has 1 N–H and O–H groups in total. The van der Waals surface area contributed by atoms with E-state index in [4.69, 9.17) is 0 Å². The Kier molecular flexibility index (Phi) is 5.31. The first-order chi connectivity index (χ1) is 13.8. The molecule has 0 amide bonds. The van der Waals surface area contributed by atoms with E-state index in [0.717, 1.165) is 48.5 Å². The highest BCUT2D eigenvalue weighted by Gasteiger charge is 2.30. The van der Waals surface area contributed by atoms with Crippen molar-refractivity contribution in [1.82, 2.24) is 19.9 Å². The van der Waals surface area contributed by atoms with Gasteiger partial charge in [-0.1, -0.05) is 19.1 Å². The number of rotatable bonds is 5. The van der Waals surface area contributed by atoms with Gasteiger partial charge in [-0.3, -0.25) is 4.90 Å². The number of likely N-dealkylation sites (tertiary alicyclic amines) is 1. The SMILES string of the molecule is CC1CCN(Cc2ccc(S(C)(=O)=O)cc2)CC1N(C)c1ncnc2[nH]ccc12. The molecule has 1 aliphatic rings. The summed E-state index contributed by atoms with van der Waals surface area (Å²) < 4.78 is 23.3. The second-order valence-electron chi connectivity index (χ2n) is 8.03. The van der Waals surface area contributed by atoms with Crippen LogP contribution in [0.2, 0.25) is 0 Å². The molecular weight excluding hydrogens is 386 g/mol. The Morgan fingerprint density at radius 3 is 2.69 bits per heavy atom. The Morgan fingerprint density at radius 1 is 1.21 bits per heavy atom. The third-order valence-electron chi connectivity index (χ3n) is 5.92. The van der Waals surface area contributed by atoms with E-state index in [1.54, 1.807) is 18.5 Å². The molecule has 8 heteroatoms. The van der Waals surface area contributed by atoms with Crippen molar-refractivity contribution in [2.75, 3.05) is 31.3 Å². The van der Waals surface area contributed by atoms with Gasteiger partial charge in [0.15, 0.2) is 9.84 Å². The maximum atomic E-state index is 11.7. The number of nitrogens with zero attached hydrogens (tertiary/aromatic N) is 4. The van der Waals surface area contributed by atoms with Gasteiger partial charge in [0.25, 0.3) is 0 Å². The Hall–Kier alpha value is -2.45. The van der Waals surface area contributed by atoms with E-state index in [1.807, 2.05) is 24.4 Å². The molecule has 154 valence electrons. The molecule has 3 heterocycles. The predicted molar refractivity (Wildman–Crippen MR) is 115 cm³/mol. The number of sulfone groups is 1. The largest absolute Gasteiger partial charge is 0.354 e. The minimum absolute atomic E-state index is 0.340. The number of likely N-dealkylation sites (N-methyl/N-ethyl adjacent to an activating group) is 1. The lowest BCUT2D eigenvalue weighted by Crippen LogP contribution is -2.50. The standard InChI is InChI=1S/C21H27N5O2S/c1-15-9-11-26(12-16-4-6-17(7-5-16)29(3,27)28)13-19(15)25(2)21-18-8-10-22-20(18)23-14-24-21/h4-8,10,14-15,19H,9,11-13H2,1-3H3,(H,22,23,24). The second kappa shape index (κ2) is 7.76. The Labute approximate surface area is 171 Å². The minimum Gasteiger partial charge on any atom is -0.354 e. The molecule has 2 aromatic heterocycles. The zero-order valence-electron chi connectivity index (χ0n) is 17.0. The van der Waals surface area contributed by atoms with Crippen molar-refractivity contribution in [1.29, 1.82) is 0 Å². The number of nitrogens with one attached hydrogen (secondary N) is 1. The summed E-state index contributed by atoms with van der Waals surface area (Å²) in [4.78, 5) is 17.1. The zero-order chi connectivity index (χ0) is 20.6. The van der Waals surface area contributed by atoms with Crippen molar-refractivity contribution in [2.24, 2.45) is 5.92 Å². The van der Waals surface area contributed by atoms with Crippen LogP contribution in [-0.4, -0.2) is 60.7 Å². The number of benzene rings is 1. The van der Waals surface area contributed by atoms with Crippen molar-refractivity contribution in [3.63, 3.8) is 0 Å². The summed E-state index contributed by atoms with van der Waals surface area (Å²) in [6, 6.07) is 9.60. The van der Waals surface area contributed by atoms with Crippen molar-refractivity contribution in [2.45, 2.75) is 30.8 Å². The molecule has 29 heavy (non-hydrogen) atoms. The highest BCUT2D eigenvalue weighted by Crippen LogP contribution is 2.29. The summed E-state index contributed by atoms with van der Waals surface area (Å²) in [5.41, 5.74) is 1.98. The Morgan fingerprint density at radius 2 is 1.97 bits per heavy atom. The molecule has 0 spiro atoms. The van der Waals surface area contributed by atoms with Gasteiger partial charge in [0.1, 0.15) is 17.8 Å². The van der Waals surface area contributed by atoms with Crippen LogP contribution >= 0.6 is 0 Å². The molecule has 1 aliphatic heterocycles. The first-order valence-corrected chi connectivity index (χ1v) is 11.7. The van der Waals surface area contributed by atoms with Crippen LogP contribution < -0.4 is 4.90 Å². The van der Waals surface area contributed by atoms with Gasteiger partial charge in [-0.15, -0.1) is 0 Å². The highest BCUT2D eigenvalue weighted by atomic mass is 32.2. The fourth-order valence-corrected chi connectivity index (χ4v) is 4.79. The number of aromatic nitrogens is 3. The smallest absolute Gasteiger partial charge is 0.175 e. The average Bonchev–Trinajstić information content (AvgIpc) is 3.17. The number of hydrogen-bond donors (Lipinski definition) is 1. The molecule has 1 saturated heterocycles. The van der Waals surface area contributed by atoms with Crippen molar-refractivity contribution >= 4 is 26.7 Å². The normalized spacial score (nSPS) is 20.8. The Bertz CT molecular complexity index is 1090. The van der Waals surface area contributed by atoms with Gasteiger partial charge < -0.3 is 9.88 Å². The van der Waals surface area contributed by atoms with Gasteiger partial charge in [0, 0.05) is 38.6 Å². The summed E-state index contributed by atoms with van der Waals surface area (Å²) in [7, 11) is -1.05. The van der Waals surface area contributed by atoms with Gasteiger partial charge in [-0.05, 0) is 42.6 Å². The molecule has 2 atom stereocenters. The molecule has 2 unspecified atom stereocenters. The quantitative estimate of drug-likeness (QED) is 0.693. The van der Waals surface area contributed by atoms with Crippen LogP contribution in [-0.2, 0) is 16.4 Å². The summed E-state index contributed by atoms with van der Waals surface area (Å²) in [6.07, 6.45) is 5.85. The van der Waals surface area contributed by atoms with Crippen LogP contribution in [0.1, 0.15) is 18.9 Å². The van der Waals surface area contributed by atoms with Crippen molar-refractivity contribution in [3.8, 4) is 0 Å². The first-order valence-electron chi connectivity index (χ1n) is 9.85. The van der Waals surface area contributed by atoms with Gasteiger partial charge in [0.2, 0.25) is 0 Å². The number of hydrogen-bond acceptors (Lipinski definition) is 6. The maximum absolute atomic E-state index is 11.7. The molecule has 0 bridgehead atoms. The molecule has 7 nitrogen and oxygen atoms in total. The molecular formula is C21H27N5O2S. The number of anilines is 1. The zero-order valence-corrected chi connectivity index (χ0v) is 17.9. The average molecular weight is 414 g/mol. The van der Waals surface area contributed by atoms with E-state index in [0.29, 0.717) is 16.9 Å². The highest BCUT2D eigenvalue weighted by molar-refractivity contribution is 7.90. The number of H-pyrrole nitrogens is 1. The van der Waals surface area contributed by atoms with Gasteiger partial charge in [0.05, 0.1) is 10.3 Å². The van der Waals surface area contributed by atoms with E-state index in [1.165, 1.54) is 6.26 Å².